The number of carboxylic acid groups (broad SMARTS) is 1. The van der Waals surface area contributed by atoms with E-state index in [-0.39, 0.29) is 21.6 Å². The summed E-state index contributed by atoms with van der Waals surface area (Å²) >= 11 is 24.2. The molecule has 0 aliphatic heterocycles. The summed E-state index contributed by atoms with van der Waals surface area (Å²) in [5.74, 6) is -0.991. The van der Waals surface area contributed by atoms with Crippen LogP contribution in [0.15, 0.2) is 24.4 Å². The molecule has 0 saturated heterocycles. The van der Waals surface area contributed by atoms with Crippen LogP contribution in [0.1, 0.15) is 5.56 Å². The molecule has 0 amide bonds. The number of carbonyl (C=O) groups is 1. The van der Waals surface area contributed by atoms with Gasteiger partial charge >= 0.3 is 5.97 Å². The molecule has 2 aromatic rings. The van der Waals surface area contributed by atoms with Crippen LogP contribution in [0.3, 0.4) is 0 Å². The summed E-state index contributed by atoms with van der Waals surface area (Å²) in [5.41, 5.74) is 1.30. The van der Waals surface area contributed by atoms with E-state index in [1.54, 1.807) is 6.07 Å². The molecule has 0 unspecified atom stereocenters. The molecule has 20 heavy (non-hydrogen) atoms. The highest BCUT2D eigenvalue weighted by molar-refractivity contribution is 6.43. The third-order valence-electron chi connectivity index (χ3n) is 2.59. The summed E-state index contributed by atoms with van der Waals surface area (Å²) in [6, 6.07) is 4.59. The third kappa shape index (κ3) is 3.18. The Hall–Kier alpha value is -1.000. The number of aromatic nitrogens is 1. The molecule has 0 atom stereocenters. The van der Waals surface area contributed by atoms with Crippen molar-refractivity contribution in [3.63, 3.8) is 0 Å². The first-order chi connectivity index (χ1) is 9.40. The zero-order valence-electron chi connectivity index (χ0n) is 9.83. The number of halogens is 4. The van der Waals surface area contributed by atoms with Crippen LogP contribution in [0.25, 0.3) is 11.1 Å². The second-order valence-corrected chi connectivity index (χ2v) is 5.56. The largest absolute Gasteiger partial charge is 0.481 e. The normalized spacial score (nSPS) is 10.6. The van der Waals surface area contributed by atoms with Crippen molar-refractivity contribution >= 4 is 52.4 Å². The molecule has 3 nitrogen and oxygen atoms in total. The Labute approximate surface area is 135 Å². The molecule has 0 saturated carbocycles. The fourth-order valence-corrected chi connectivity index (χ4v) is 3.11. The zero-order chi connectivity index (χ0) is 14.9. The van der Waals surface area contributed by atoms with Crippen LogP contribution in [-0.2, 0) is 11.2 Å². The lowest BCUT2D eigenvalue weighted by Gasteiger charge is -2.13. The second-order valence-electron chi connectivity index (χ2n) is 3.95. The van der Waals surface area contributed by atoms with Gasteiger partial charge in [0.25, 0.3) is 0 Å². The molecule has 7 heteroatoms. The molecule has 0 bridgehead atoms. The Balaban J connectivity index is 2.72. The van der Waals surface area contributed by atoms with Crippen molar-refractivity contribution in [2.45, 2.75) is 6.42 Å². The molecule has 104 valence electrons. The predicted octanol–water partition coefficient (Wildman–Crippen LogP) is 4.99. The minimum atomic E-state index is -0.991. The highest BCUT2D eigenvalue weighted by Crippen LogP contribution is 2.41. The monoisotopic (exact) mass is 349 g/mol. The van der Waals surface area contributed by atoms with E-state index in [9.17, 15) is 4.79 Å². The lowest BCUT2D eigenvalue weighted by molar-refractivity contribution is -0.136. The predicted molar refractivity (Wildman–Crippen MR) is 81.1 cm³/mol. The summed E-state index contributed by atoms with van der Waals surface area (Å²) in [5, 5.41) is 10.0. The number of hydrogen-bond acceptors (Lipinski definition) is 2. The topological polar surface area (TPSA) is 50.2 Å². The molecule has 1 N–H and O–H groups in total. The van der Waals surface area contributed by atoms with Crippen molar-refractivity contribution in [1.82, 2.24) is 4.98 Å². The molecule has 1 aromatic heterocycles. The second kappa shape index (κ2) is 6.19. The average molecular weight is 351 g/mol. The molecular formula is C13H7Cl4NO2. The number of aliphatic carboxylic acids is 1. The van der Waals surface area contributed by atoms with E-state index in [0.717, 1.165) is 0 Å². The van der Waals surface area contributed by atoms with Crippen LogP contribution in [0.4, 0.5) is 0 Å². The highest BCUT2D eigenvalue weighted by Gasteiger charge is 2.19. The minimum absolute atomic E-state index is 0.134. The molecule has 0 aliphatic rings. The third-order valence-corrected chi connectivity index (χ3v) is 3.69. The van der Waals surface area contributed by atoms with Gasteiger partial charge in [-0.3, -0.25) is 4.79 Å². The van der Waals surface area contributed by atoms with E-state index in [0.29, 0.717) is 21.7 Å². The van der Waals surface area contributed by atoms with Gasteiger partial charge in [-0.2, -0.15) is 0 Å². The number of carboxylic acids is 1. The van der Waals surface area contributed by atoms with Crippen molar-refractivity contribution < 1.29 is 9.90 Å². The molecule has 0 radical (unpaired) electrons. The van der Waals surface area contributed by atoms with Crippen LogP contribution in [0, 0.1) is 0 Å². The Kier molecular flexibility index (Phi) is 4.76. The summed E-state index contributed by atoms with van der Waals surface area (Å²) in [6.45, 7) is 0. The van der Waals surface area contributed by atoms with Gasteiger partial charge in [0.1, 0.15) is 5.15 Å². The molecular weight excluding hydrogens is 344 g/mol. The van der Waals surface area contributed by atoms with Gasteiger partial charge in [0.05, 0.1) is 16.5 Å². The number of benzene rings is 1. The SMILES string of the molecule is O=C(O)Cc1ccnc(Cl)c1-c1c(Cl)cc(Cl)cc1Cl. The summed E-state index contributed by atoms with van der Waals surface area (Å²) in [4.78, 5) is 14.9. The van der Waals surface area contributed by atoms with Gasteiger partial charge in [-0.15, -0.1) is 0 Å². The Morgan fingerprint density at radius 2 is 1.70 bits per heavy atom. The van der Waals surface area contributed by atoms with Crippen LogP contribution in [-0.4, -0.2) is 16.1 Å². The number of nitrogens with zero attached hydrogens (tertiary/aromatic N) is 1. The first-order valence-corrected chi connectivity index (χ1v) is 6.91. The Bertz CT molecular complexity index is 665. The van der Waals surface area contributed by atoms with E-state index in [4.69, 9.17) is 51.5 Å². The van der Waals surface area contributed by atoms with Gasteiger partial charge in [0, 0.05) is 22.3 Å². The first kappa shape index (κ1) is 15.4. The van der Waals surface area contributed by atoms with Crippen LogP contribution < -0.4 is 0 Å². The highest BCUT2D eigenvalue weighted by atomic mass is 35.5. The van der Waals surface area contributed by atoms with Crippen LogP contribution in [0.5, 0.6) is 0 Å². The van der Waals surface area contributed by atoms with Crippen molar-refractivity contribution in [2.24, 2.45) is 0 Å². The molecule has 0 fully saturated rings. The van der Waals surface area contributed by atoms with Crippen molar-refractivity contribution in [3.8, 4) is 11.1 Å². The van der Waals surface area contributed by atoms with E-state index < -0.39 is 5.97 Å². The van der Waals surface area contributed by atoms with Gasteiger partial charge < -0.3 is 5.11 Å². The lowest BCUT2D eigenvalue weighted by Crippen LogP contribution is -2.03. The van der Waals surface area contributed by atoms with Crippen molar-refractivity contribution in [2.75, 3.05) is 0 Å². The molecule has 2 rings (SSSR count). The number of rotatable bonds is 3. The smallest absolute Gasteiger partial charge is 0.307 e. The standard InChI is InChI=1S/C13H7Cl4NO2/c14-7-4-8(15)12(9(16)5-7)11-6(3-10(19)20)1-2-18-13(11)17/h1-2,4-5H,3H2,(H,19,20). The van der Waals surface area contributed by atoms with Gasteiger partial charge in [0.2, 0.25) is 0 Å². The Morgan fingerprint density at radius 1 is 1.10 bits per heavy atom. The van der Waals surface area contributed by atoms with Gasteiger partial charge in [-0.1, -0.05) is 46.4 Å². The Morgan fingerprint density at radius 3 is 2.25 bits per heavy atom. The van der Waals surface area contributed by atoms with E-state index in [2.05, 4.69) is 4.98 Å². The number of hydrogen-bond donors (Lipinski definition) is 1. The van der Waals surface area contributed by atoms with Gasteiger partial charge in [-0.05, 0) is 23.8 Å². The van der Waals surface area contributed by atoms with Gasteiger partial charge in [0.15, 0.2) is 0 Å². The fourth-order valence-electron chi connectivity index (χ4n) is 1.83. The maximum absolute atomic E-state index is 10.9. The van der Waals surface area contributed by atoms with E-state index in [1.165, 1.54) is 18.3 Å². The van der Waals surface area contributed by atoms with Crippen LogP contribution in [0.2, 0.25) is 20.2 Å². The summed E-state index contributed by atoms with van der Waals surface area (Å²) in [6.07, 6.45) is 1.22. The molecule has 1 heterocycles. The maximum Gasteiger partial charge on any atom is 0.307 e. The molecule has 0 aliphatic carbocycles. The summed E-state index contributed by atoms with van der Waals surface area (Å²) < 4.78 is 0. The van der Waals surface area contributed by atoms with Crippen LogP contribution >= 0.6 is 46.4 Å². The molecule has 0 spiro atoms. The quantitative estimate of drug-likeness (QED) is 0.793. The van der Waals surface area contributed by atoms with E-state index >= 15 is 0 Å². The first-order valence-electron chi connectivity index (χ1n) is 5.40. The molecule has 1 aromatic carbocycles. The zero-order valence-corrected chi connectivity index (χ0v) is 12.9. The average Bonchev–Trinajstić information content (AvgIpc) is 2.30. The van der Waals surface area contributed by atoms with Crippen molar-refractivity contribution in [1.29, 1.82) is 0 Å². The minimum Gasteiger partial charge on any atom is -0.481 e. The maximum atomic E-state index is 10.9. The lowest BCUT2D eigenvalue weighted by atomic mass is 10.00. The number of pyridine rings is 1. The van der Waals surface area contributed by atoms with Crippen molar-refractivity contribution in [3.05, 3.63) is 50.2 Å². The van der Waals surface area contributed by atoms with Gasteiger partial charge in [-0.25, -0.2) is 4.98 Å². The van der Waals surface area contributed by atoms with E-state index in [1.807, 2.05) is 0 Å². The summed E-state index contributed by atoms with van der Waals surface area (Å²) in [7, 11) is 0. The fraction of sp³-hybridized carbons (Fsp3) is 0.0769.